The number of aromatic carboxylic acids is 1. The second-order valence-electron chi connectivity index (χ2n) is 4.55. The summed E-state index contributed by atoms with van der Waals surface area (Å²) in [6.45, 7) is -0.321. The highest BCUT2D eigenvalue weighted by Gasteiger charge is 2.32. The van der Waals surface area contributed by atoms with Gasteiger partial charge in [-0.25, -0.2) is 22.3 Å². The van der Waals surface area contributed by atoms with E-state index in [2.05, 4.69) is 0 Å². The molecule has 118 valence electrons. The van der Waals surface area contributed by atoms with E-state index in [0.717, 1.165) is 12.1 Å². The van der Waals surface area contributed by atoms with Gasteiger partial charge in [-0.05, 0) is 19.1 Å². The minimum absolute atomic E-state index is 0.288. The van der Waals surface area contributed by atoms with Crippen LogP contribution in [0.4, 0.5) is 4.39 Å². The van der Waals surface area contributed by atoms with Crippen molar-refractivity contribution in [1.82, 2.24) is 4.72 Å². The molecule has 1 rings (SSSR count). The topological polar surface area (TPSA) is 124 Å². The number of halogens is 2. The first-order valence-electron chi connectivity index (χ1n) is 5.54. The third-order valence-electron chi connectivity index (χ3n) is 2.60. The summed E-state index contributed by atoms with van der Waals surface area (Å²) in [5.74, 6) is -3.17. The van der Waals surface area contributed by atoms with Gasteiger partial charge in [0.1, 0.15) is 4.90 Å². The Kier molecular flexibility index (Phi) is 5.29. The number of carbonyl (C=O) groups is 1. The maximum atomic E-state index is 14.0. The molecule has 0 aliphatic rings. The molecule has 7 nitrogen and oxygen atoms in total. The molecule has 0 unspecified atom stereocenters. The zero-order chi connectivity index (χ0) is 16.4. The molecule has 4 N–H and O–H groups in total. The number of sulfonamides is 1. The Morgan fingerprint density at radius 3 is 2.33 bits per heavy atom. The zero-order valence-corrected chi connectivity index (χ0v) is 12.4. The van der Waals surface area contributed by atoms with Crippen LogP contribution in [0.25, 0.3) is 0 Å². The van der Waals surface area contributed by atoms with E-state index in [1.54, 1.807) is 0 Å². The van der Waals surface area contributed by atoms with Crippen molar-refractivity contribution in [1.29, 1.82) is 0 Å². The average Bonchev–Trinajstić information content (AvgIpc) is 2.39. The second kappa shape index (κ2) is 6.24. The number of carboxylic acids is 1. The number of carboxylic acid groups (broad SMARTS) is 1. The molecule has 0 bridgehead atoms. The van der Waals surface area contributed by atoms with Crippen molar-refractivity contribution in [2.24, 2.45) is 0 Å². The Labute approximate surface area is 125 Å². The van der Waals surface area contributed by atoms with Crippen molar-refractivity contribution in [3.63, 3.8) is 0 Å². The Hall–Kier alpha value is -1.26. The number of benzene rings is 1. The standard InChI is InChI=1S/C11H13ClFNO6S/c1-11(4-15,5-16)14-21(19,20)8-3-6(12)2-7(9(8)13)10(17)18/h2-3,14-16H,4-5H2,1H3,(H,17,18). The van der Waals surface area contributed by atoms with Gasteiger partial charge in [-0.3, -0.25) is 0 Å². The molecular weight excluding hydrogens is 329 g/mol. The summed E-state index contributed by atoms with van der Waals surface area (Å²) in [4.78, 5) is 9.87. The van der Waals surface area contributed by atoms with Gasteiger partial charge in [-0.2, -0.15) is 0 Å². The first kappa shape index (κ1) is 17.8. The highest BCUT2D eigenvalue weighted by atomic mass is 35.5. The molecule has 0 amide bonds. The van der Waals surface area contributed by atoms with Gasteiger partial charge in [0.2, 0.25) is 10.0 Å². The quantitative estimate of drug-likeness (QED) is 0.586. The summed E-state index contributed by atoms with van der Waals surface area (Å²) in [5, 5.41) is 26.6. The molecule has 0 spiro atoms. The molecule has 10 heteroatoms. The predicted molar refractivity (Wildman–Crippen MR) is 71.3 cm³/mol. The van der Waals surface area contributed by atoms with Crippen molar-refractivity contribution in [2.45, 2.75) is 17.4 Å². The van der Waals surface area contributed by atoms with E-state index in [1.807, 2.05) is 4.72 Å². The molecule has 1 aromatic rings. The molecule has 0 saturated carbocycles. The highest BCUT2D eigenvalue weighted by Crippen LogP contribution is 2.24. The van der Waals surface area contributed by atoms with Crippen LogP contribution in [0.15, 0.2) is 17.0 Å². The van der Waals surface area contributed by atoms with Crippen LogP contribution in [0.2, 0.25) is 5.02 Å². The van der Waals surface area contributed by atoms with Crippen LogP contribution in [-0.4, -0.2) is 48.5 Å². The fourth-order valence-electron chi connectivity index (χ4n) is 1.41. The van der Waals surface area contributed by atoms with Crippen LogP contribution in [0.1, 0.15) is 17.3 Å². The van der Waals surface area contributed by atoms with Crippen LogP contribution in [-0.2, 0) is 10.0 Å². The van der Waals surface area contributed by atoms with Gasteiger partial charge in [-0.1, -0.05) is 11.6 Å². The molecule has 0 radical (unpaired) electrons. The monoisotopic (exact) mass is 341 g/mol. The van der Waals surface area contributed by atoms with Gasteiger partial charge >= 0.3 is 5.97 Å². The number of hydrogen-bond acceptors (Lipinski definition) is 5. The lowest BCUT2D eigenvalue weighted by Gasteiger charge is -2.26. The molecule has 0 heterocycles. The van der Waals surface area contributed by atoms with E-state index < -0.39 is 51.0 Å². The highest BCUT2D eigenvalue weighted by molar-refractivity contribution is 7.89. The maximum absolute atomic E-state index is 14.0. The SMILES string of the molecule is CC(CO)(CO)NS(=O)(=O)c1cc(Cl)cc(C(=O)O)c1F. The van der Waals surface area contributed by atoms with Crippen LogP contribution in [0.3, 0.4) is 0 Å². The normalized spacial score (nSPS) is 12.4. The molecule has 0 aliphatic heterocycles. The lowest BCUT2D eigenvalue weighted by Crippen LogP contribution is -2.51. The van der Waals surface area contributed by atoms with Gasteiger partial charge in [0, 0.05) is 5.02 Å². The zero-order valence-electron chi connectivity index (χ0n) is 10.8. The van der Waals surface area contributed by atoms with Crippen molar-refractivity contribution in [3.05, 3.63) is 28.5 Å². The van der Waals surface area contributed by atoms with E-state index >= 15 is 0 Å². The molecule has 0 fully saturated rings. The Morgan fingerprint density at radius 1 is 1.38 bits per heavy atom. The summed E-state index contributed by atoms with van der Waals surface area (Å²) in [6, 6.07) is 1.51. The minimum atomic E-state index is -4.54. The molecule has 21 heavy (non-hydrogen) atoms. The van der Waals surface area contributed by atoms with Crippen LogP contribution >= 0.6 is 11.6 Å². The van der Waals surface area contributed by atoms with Crippen molar-refractivity contribution < 1.29 is 32.9 Å². The van der Waals surface area contributed by atoms with E-state index in [9.17, 15) is 17.6 Å². The molecule has 0 aromatic heterocycles. The van der Waals surface area contributed by atoms with Crippen molar-refractivity contribution >= 4 is 27.6 Å². The fourth-order valence-corrected chi connectivity index (χ4v) is 3.21. The minimum Gasteiger partial charge on any atom is -0.478 e. The second-order valence-corrected chi connectivity index (χ2v) is 6.64. The third-order valence-corrected chi connectivity index (χ3v) is 4.46. The Balaban J connectivity index is 3.42. The predicted octanol–water partition coefficient (Wildman–Crippen LogP) is 0.199. The molecule has 0 atom stereocenters. The molecule has 1 aromatic carbocycles. The fraction of sp³-hybridized carbons (Fsp3) is 0.364. The first-order valence-corrected chi connectivity index (χ1v) is 7.40. The number of rotatable bonds is 6. The van der Waals surface area contributed by atoms with Crippen molar-refractivity contribution in [2.75, 3.05) is 13.2 Å². The summed E-state index contributed by atoms with van der Waals surface area (Å²) in [6.07, 6.45) is 0. The van der Waals surface area contributed by atoms with Gasteiger partial charge in [0.05, 0.1) is 24.3 Å². The summed E-state index contributed by atoms with van der Waals surface area (Å²) < 4.78 is 40.1. The van der Waals surface area contributed by atoms with Gasteiger partial charge in [0.15, 0.2) is 5.82 Å². The Bertz CT molecular complexity index is 659. The number of aliphatic hydroxyl groups is 2. The van der Waals surface area contributed by atoms with E-state index in [-0.39, 0.29) is 5.02 Å². The largest absolute Gasteiger partial charge is 0.478 e. The summed E-state index contributed by atoms with van der Waals surface area (Å²) in [7, 11) is -4.54. The van der Waals surface area contributed by atoms with Crippen molar-refractivity contribution in [3.8, 4) is 0 Å². The van der Waals surface area contributed by atoms with E-state index in [0.29, 0.717) is 0 Å². The number of hydrogen-bond donors (Lipinski definition) is 4. The summed E-state index contributed by atoms with van der Waals surface area (Å²) >= 11 is 5.59. The van der Waals surface area contributed by atoms with Crippen LogP contribution in [0, 0.1) is 5.82 Å². The van der Waals surface area contributed by atoms with Crippen LogP contribution in [0.5, 0.6) is 0 Å². The molecular formula is C11H13ClFNO6S. The summed E-state index contributed by atoms with van der Waals surface area (Å²) in [5.41, 5.74) is -2.55. The lowest BCUT2D eigenvalue weighted by molar-refractivity contribution is 0.0691. The smallest absolute Gasteiger partial charge is 0.338 e. The van der Waals surface area contributed by atoms with Crippen LogP contribution < -0.4 is 4.72 Å². The number of aliphatic hydroxyl groups excluding tert-OH is 2. The maximum Gasteiger partial charge on any atom is 0.338 e. The lowest BCUT2D eigenvalue weighted by atomic mass is 10.1. The van der Waals surface area contributed by atoms with E-state index in [1.165, 1.54) is 6.92 Å². The molecule has 0 saturated heterocycles. The Morgan fingerprint density at radius 2 is 1.90 bits per heavy atom. The van der Waals surface area contributed by atoms with E-state index in [4.69, 9.17) is 26.9 Å². The third kappa shape index (κ3) is 3.89. The number of nitrogens with one attached hydrogen (secondary N) is 1. The van der Waals surface area contributed by atoms with Gasteiger partial charge in [0.25, 0.3) is 0 Å². The van der Waals surface area contributed by atoms with Gasteiger partial charge < -0.3 is 15.3 Å². The first-order chi connectivity index (χ1) is 9.56. The average molecular weight is 342 g/mol. The molecule has 0 aliphatic carbocycles. The van der Waals surface area contributed by atoms with Gasteiger partial charge in [-0.15, -0.1) is 0 Å².